The van der Waals surface area contributed by atoms with Crippen molar-refractivity contribution < 1.29 is 0 Å². The van der Waals surface area contributed by atoms with Crippen molar-refractivity contribution in [2.75, 3.05) is 19.6 Å². The molecule has 0 radical (unpaired) electrons. The van der Waals surface area contributed by atoms with Crippen molar-refractivity contribution in [2.45, 2.75) is 64.0 Å². The van der Waals surface area contributed by atoms with Crippen LogP contribution in [0, 0.1) is 6.92 Å². The van der Waals surface area contributed by atoms with Crippen molar-refractivity contribution in [3.05, 3.63) is 35.4 Å². The van der Waals surface area contributed by atoms with E-state index in [2.05, 4.69) is 48.3 Å². The summed E-state index contributed by atoms with van der Waals surface area (Å²) >= 11 is 0. The highest BCUT2D eigenvalue weighted by Crippen LogP contribution is 2.36. The quantitative estimate of drug-likeness (QED) is 0.888. The van der Waals surface area contributed by atoms with Crippen molar-refractivity contribution in [1.29, 1.82) is 0 Å². The fourth-order valence-electron chi connectivity index (χ4n) is 3.72. The second-order valence-electron chi connectivity index (χ2n) is 7.13. The van der Waals surface area contributed by atoms with Crippen LogP contribution in [0.15, 0.2) is 24.3 Å². The summed E-state index contributed by atoms with van der Waals surface area (Å²) in [5.41, 5.74) is 2.89. The van der Waals surface area contributed by atoms with Gasteiger partial charge >= 0.3 is 0 Å². The molecule has 0 spiro atoms. The predicted octanol–water partition coefficient (Wildman–Crippen LogP) is 3.71. The van der Waals surface area contributed by atoms with Crippen LogP contribution in [-0.2, 0) is 0 Å². The largest absolute Gasteiger partial charge is 0.312 e. The van der Waals surface area contributed by atoms with Crippen LogP contribution < -0.4 is 5.32 Å². The molecule has 1 unspecified atom stereocenters. The molecular formula is C19H30N2. The lowest BCUT2D eigenvalue weighted by Gasteiger charge is -2.39. The van der Waals surface area contributed by atoms with Gasteiger partial charge in [0.05, 0.1) is 0 Å². The number of rotatable bonds is 5. The number of hydrogen-bond acceptors (Lipinski definition) is 2. The summed E-state index contributed by atoms with van der Waals surface area (Å²) in [5.74, 6) is 0.786. The van der Waals surface area contributed by atoms with Gasteiger partial charge < -0.3 is 5.32 Å². The van der Waals surface area contributed by atoms with E-state index in [1.54, 1.807) is 0 Å². The van der Waals surface area contributed by atoms with Crippen LogP contribution in [0.5, 0.6) is 0 Å². The van der Waals surface area contributed by atoms with E-state index in [9.17, 15) is 0 Å². The van der Waals surface area contributed by atoms with E-state index in [0.717, 1.165) is 18.5 Å². The molecule has 1 aromatic rings. The molecule has 1 aliphatic carbocycles. The lowest BCUT2D eigenvalue weighted by atomic mass is 9.75. The molecular weight excluding hydrogens is 256 g/mol. The summed E-state index contributed by atoms with van der Waals surface area (Å²) in [4.78, 5) is 2.66. The van der Waals surface area contributed by atoms with Crippen LogP contribution >= 0.6 is 0 Å². The molecule has 1 heterocycles. The van der Waals surface area contributed by atoms with Gasteiger partial charge in [-0.05, 0) is 64.1 Å². The molecule has 1 atom stereocenters. The van der Waals surface area contributed by atoms with Gasteiger partial charge in [0, 0.05) is 18.6 Å². The number of aryl methyl sites for hydroxylation is 1. The molecule has 2 fully saturated rings. The van der Waals surface area contributed by atoms with Gasteiger partial charge in [-0.2, -0.15) is 0 Å². The monoisotopic (exact) mass is 286 g/mol. The number of nitrogens with zero attached hydrogens (tertiary/aromatic N) is 1. The van der Waals surface area contributed by atoms with Crippen molar-refractivity contribution in [2.24, 2.45) is 0 Å². The van der Waals surface area contributed by atoms with E-state index in [0.29, 0.717) is 6.04 Å². The average Bonchev–Trinajstić information content (AvgIpc) is 2.48. The van der Waals surface area contributed by atoms with E-state index in [4.69, 9.17) is 0 Å². The molecule has 2 aliphatic rings. The second kappa shape index (κ2) is 6.93. The Bertz CT molecular complexity index is 427. The van der Waals surface area contributed by atoms with E-state index in [1.165, 1.54) is 56.3 Å². The van der Waals surface area contributed by atoms with Gasteiger partial charge in [-0.15, -0.1) is 0 Å². The zero-order valence-corrected chi connectivity index (χ0v) is 13.6. The number of benzene rings is 1. The Morgan fingerprint density at radius 2 is 1.76 bits per heavy atom. The minimum Gasteiger partial charge on any atom is -0.312 e. The molecule has 0 aromatic heterocycles. The fourth-order valence-corrected chi connectivity index (χ4v) is 3.72. The van der Waals surface area contributed by atoms with Crippen molar-refractivity contribution in [3.8, 4) is 0 Å². The van der Waals surface area contributed by atoms with Crippen LogP contribution in [-0.4, -0.2) is 36.6 Å². The number of likely N-dealkylation sites (tertiary alicyclic amines) is 1. The van der Waals surface area contributed by atoms with Crippen molar-refractivity contribution >= 4 is 0 Å². The molecule has 2 nitrogen and oxygen atoms in total. The molecule has 0 bridgehead atoms. The third-order valence-electron chi connectivity index (χ3n) is 5.40. The molecule has 21 heavy (non-hydrogen) atoms. The Kier molecular flexibility index (Phi) is 4.97. The van der Waals surface area contributed by atoms with Gasteiger partial charge in [0.1, 0.15) is 0 Å². The summed E-state index contributed by atoms with van der Waals surface area (Å²) in [6.07, 6.45) is 6.84. The molecule has 2 heteroatoms. The molecule has 1 N–H and O–H groups in total. The van der Waals surface area contributed by atoms with Crippen LogP contribution in [0.4, 0.5) is 0 Å². The van der Waals surface area contributed by atoms with Crippen LogP contribution in [0.1, 0.15) is 56.1 Å². The summed E-state index contributed by atoms with van der Waals surface area (Å²) in [5, 5.41) is 3.79. The van der Waals surface area contributed by atoms with E-state index in [-0.39, 0.29) is 0 Å². The number of piperidine rings is 1. The zero-order chi connectivity index (χ0) is 14.7. The highest BCUT2D eigenvalue weighted by molar-refractivity contribution is 5.26. The number of nitrogens with one attached hydrogen (secondary N) is 1. The van der Waals surface area contributed by atoms with Crippen molar-refractivity contribution in [1.82, 2.24) is 10.2 Å². The molecule has 116 valence electrons. The molecule has 1 saturated heterocycles. The van der Waals surface area contributed by atoms with Crippen molar-refractivity contribution in [3.63, 3.8) is 0 Å². The third kappa shape index (κ3) is 3.87. The summed E-state index contributed by atoms with van der Waals surface area (Å²) < 4.78 is 0. The highest BCUT2D eigenvalue weighted by atomic mass is 15.2. The Balaban J connectivity index is 1.37. The first kappa shape index (κ1) is 15.1. The second-order valence-corrected chi connectivity index (χ2v) is 7.13. The SMILES string of the molecule is Cc1ccc(C2CC(NCC(C)N3CCCCC3)C2)cc1. The lowest BCUT2D eigenvalue weighted by Crippen LogP contribution is -2.48. The summed E-state index contributed by atoms with van der Waals surface area (Å²) in [6.45, 7) is 8.32. The van der Waals surface area contributed by atoms with Gasteiger partial charge in [0.25, 0.3) is 0 Å². The molecule has 1 saturated carbocycles. The van der Waals surface area contributed by atoms with Gasteiger partial charge in [0.2, 0.25) is 0 Å². The minimum absolute atomic E-state index is 0.698. The Labute approximate surface area is 129 Å². The average molecular weight is 286 g/mol. The lowest BCUT2D eigenvalue weighted by molar-refractivity contribution is 0.160. The van der Waals surface area contributed by atoms with Gasteiger partial charge in [-0.3, -0.25) is 4.90 Å². The van der Waals surface area contributed by atoms with Crippen LogP contribution in [0.3, 0.4) is 0 Å². The summed E-state index contributed by atoms with van der Waals surface area (Å²) in [6, 6.07) is 10.6. The smallest absolute Gasteiger partial charge is 0.0192 e. The van der Waals surface area contributed by atoms with E-state index >= 15 is 0 Å². The van der Waals surface area contributed by atoms with Crippen LogP contribution in [0.25, 0.3) is 0 Å². The molecule has 0 amide bonds. The minimum atomic E-state index is 0.698. The fraction of sp³-hybridized carbons (Fsp3) is 0.684. The maximum Gasteiger partial charge on any atom is 0.0192 e. The first-order valence-corrected chi connectivity index (χ1v) is 8.76. The van der Waals surface area contributed by atoms with Crippen LogP contribution in [0.2, 0.25) is 0 Å². The standard InChI is InChI=1S/C19H30N2/c1-15-6-8-17(9-7-15)18-12-19(13-18)20-14-16(2)21-10-4-3-5-11-21/h6-9,16,18-20H,3-5,10-14H2,1-2H3. The first-order valence-electron chi connectivity index (χ1n) is 8.76. The zero-order valence-electron chi connectivity index (χ0n) is 13.6. The topological polar surface area (TPSA) is 15.3 Å². The Hall–Kier alpha value is -0.860. The Morgan fingerprint density at radius 1 is 1.10 bits per heavy atom. The van der Waals surface area contributed by atoms with Gasteiger partial charge in [0.15, 0.2) is 0 Å². The number of hydrogen-bond donors (Lipinski definition) is 1. The van der Waals surface area contributed by atoms with E-state index < -0.39 is 0 Å². The Morgan fingerprint density at radius 3 is 2.43 bits per heavy atom. The molecule has 3 rings (SSSR count). The third-order valence-corrected chi connectivity index (χ3v) is 5.40. The maximum absolute atomic E-state index is 3.79. The van der Waals surface area contributed by atoms with E-state index in [1.807, 2.05) is 0 Å². The molecule has 1 aromatic carbocycles. The first-order chi connectivity index (χ1) is 10.2. The summed E-state index contributed by atoms with van der Waals surface area (Å²) in [7, 11) is 0. The van der Waals surface area contributed by atoms with Gasteiger partial charge in [-0.1, -0.05) is 36.2 Å². The highest BCUT2D eigenvalue weighted by Gasteiger charge is 2.30. The maximum atomic E-state index is 3.79. The predicted molar refractivity (Wildman–Crippen MR) is 89.8 cm³/mol. The normalized spacial score (nSPS) is 28.1. The van der Waals surface area contributed by atoms with Gasteiger partial charge in [-0.25, -0.2) is 0 Å². The molecule has 1 aliphatic heterocycles.